The minimum absolute atomic E-state index is 0.0958. The highest BCUT2D eigenvalue weighted by atomic mass is 32.1. The normalized spacial score (nSPS) is 23.7. The molecule has 6 nitrogen and oxygen atoms in total. The number of hydrogen-bond donors (Lipinski definition) is 0. The number of hydrogen-bond acceptors (Lipinski definition) is 6. The molecule has 3 saturated heterocycles. The molecule has 2 atom stereocenters. The number of fused-ring (bicyclic) bond motifs is 4. The highest BCUT2D eigenvalue weighted by Crippen LogP contribution is 2.32. The Morgan fingerprint density at radius 3 is 2.81 bits per heavy atom. The maximum absolute atomic E-state index is 13.0. The molecule has 5 heterocycles. The van der Waals surface area contributed by atoms with Crippen LogP contribution in [0.15, 0.2) is 9.90 Å². The predicted molar refractivity (Wildman–Crippen MR) is 99.8 cm³/mol. The van der Waals surface area contributed by atoms with Gasteiger partial charge in [-0.2, -0.15) is 0 Å². The lowest BCUT2D eigenvalue weighted by Crippen LogP contribution is -2.47. The van der Waals surface area contributed by atoms with Crippen molar-refractivity contribution in [2.45, 2.75) is 59.2 Å². The Labute approximate surface area is 158 Å². The molecule has 0 N–H and O–H groups in total. The zero-order chi connectivity index (χ0) is 18.3. The first-order chi connectivity index (χ1) is 12.5. The van der Waals surface area contributed by atoms with Gasteiger partial charge in [0.15, 0.2) is 0 Å². The van der Waals surface area contributed by atoms with Gasteiger partial charge in [-0.25, -0.2) is 4.98 Å². The molecule has 0 radical (unpaired) electrons. The van der Waals surface area contributed by atoms with Gasteiger partial charge in [0.25, 0.3) is 0 Å². The van der Waals surface area contributed by atoms with E-state index in [4.69, 9.17) is 9.51 Å². The Balaban J connectivity index is 1.50. The molecule has 1 amide bonds. The number of aromatic nitrogens is 2. The molecule has 3 aliphatic rings. The van der Waals surface area contributed by atoms with Crippen molar-refractivity contribution in [1.29, 1.82) is 0 Å². The molecule has 0 saturated carbocycles. The van der Waals surface area contributed by atoms with E-state index in [1.54, 1.807) is 11.3 Å². The summed E-state index contributed by atoms with van der Waals surface area (Å²) in [5.41, 5.74) is 3.09. The zero-order valence-electron chi connectivity index (χ0n) is 15.7. The van der Waals surface area contributed by atoms with Crippen molar-refractivity contribution in [3.8, 4) is 0 Å². The highest BCUT2D eigenvalue weighted by molar-refractivity contribution is 7.09. The number of nitrogens with zero attached hydrogens (tertiary/aromatic N) is 4. The van der Waals surface area contributed by atoms with E-state index in [1.165, 1.54) is 5.01 Å². The van der Waals surface area contributed by atoms with E-state index >= 15 is 0 Å². The quantitative estimate of drug-likeness (QED) is 0.805. The van der Waals surface area contributed by atoms with Crippen molar-refractivity contribution >= 4 is 17.2 Å². The van der Waals surface area contributed by atoms with E-state index < -0.39 is 0 Å². The summed E-state index contributed by atoms with van der Waals surface area (Å²) in [6.07, 6.45) is 3.06. The van der Waals surface area contributed by atoms with Crippen molar-refractivity contribution < 1.29 is 9.32 Å². The first kappa shape index (κ1) is 17.7. The maximum atomic E-state index is 13.0. The van der Waals surface area contributed by atoms with E-state index in [0.29, 0.717) is 6.54 Å². The average molecular weight is 375 g/mol. The van der Waals surface area contributed by atoms with Crippen molar-refractivity contribution in [2.75, 3.05) is 13.1 Å². The molecule has 2 aromatic rings. The lowest BCUT2D eigenvalue weighted by molar-refractivity contribution is -0.140. The van der Waals surface area contributed by atoms with Gasteiger partial charge in [0, 0.05) is 36.6 Å². The third-order valence-corrected chi connectivity index (χ3v) is 6.71. The second kappa shape index (κ2) is 7.12. The number of aryl methyl sites for hydroxylation is 3. The number of piperidine rings is 1. The molecule has 140 valence electrons. The molecule has 5 rings (SSSR count). The van der Waals surface area contributed by atoms with Gasteiger partial charge in [-0.3, -0.25) is 9.69 Å². The molecule has 0 spiro atoms. The first-order valence-corrected chi connectivity index (χ1v) is 10.3. The van der Waals surface area contributed by atoms with Crippen LogP contribution in [0.3, 0.4) is 0 Å². The second-order valence-electron chi connectivity index (χ2n) is 7.48. The van der Waals surface area contributed by atoms with E-state index in [9.17, 15) is 4.79 Å². The summed E-state index contributed by atoms with van der Waals surface area (Å²) in [5.74, 6) is 1.21. The van der Waals surface area contributed by atoms with Crippen LogP contribution in [0, 0.1) is 19.8 Å². The maximum Gasteiger partial charge on any atom is 0.227 e. The fourth-order valence-corrected chi connectivity index (χ4v) is 4.91. The van der Waals surface area contributed by atoms with Crippen LogP contribution in [0.1, 0.15) is 47.5 Å². The summed E-state index contributed by atoms with van der Waals surface area (Å²) in [4.78, 5) is 22.2. The molecule has 0 aliphatic carbocycles. The van der Waals surface area contributed by atoms with Gasteiger partial charge < -0.3 is 9.42 Å². The van der Waals surface area contributed by atoms with Gasteiger partial charge in [-0.15, -0.1) is 11.3 Å². The number of rotatable bonds is 5. The van der Waals surface area contributed by atoms with Gasteiger partial charge in [0.1, 0.15) is 5.76 Å². The second-order valence-corrected chi connectivity index (χ2v) is 8.42. The predicted octanol–water partition coefficient (Wildman–Crippen LogP) is 2.93. The van der Waals surface area contributed by atoms with Gasteiger partial charge >= 0.3 is 0 Å². The molecular weight excluding hydrogens is 348 g/mol. The van der Waals surface area contributed by atoms with Gasteiger partial charge in [0.05, 0.1) is 28.9 Å². The van der Waals surface area contributed by atoms with Crippen molar-refractivity contribution in [3.05, 3.63) is 33.1 Å². The summed E-state index contributed by atoms with van der Waals surface area (Å²) in [5, 5.41) is 7.39. The van der Waals surface area contributed by atoms with E-state index in [1.807, 2.05) is 13.8 Å². The Bertz CT molecular complexity index is 780. The number of amides is 1. The molecule has 26 heavy (non-hydrogen) atoms. The molecule has 0 unspecified atom stereocenters. The minimum Gasteiger partial charge on any atom is -0.361 e. The molecular formula is C19H26N4O2S. The van der Waals surface area contributed by atoms with E-state index in [-0.39, 0.29) is 17.9 Å². The van der Waals surface area contributed by atoms with Crippen LogP contribution in [0.2, 0.25) is 0 Å². The van der Waals surface area contributed by atoms with Gasteiger partial charge in [0.2, 0.25) is 5.91 Å². The monoisotopic (exact) mass is 374 g/mol. The van der Waals surface area contributed by atoms with Gasteiger partial charge in [-0.1, -0.05) is 12.1 Å². The average Bonchev–Trinajstić information content (AvgIpc) is 3.10. The largest absolute Gasteiger partial charge is 0.361 e. The third-order valence-electron chi connectivity index (χ3n) is 5.67. The third kappa shape index (κ3) is 3.30. The summed E-state index contributed by atoms with van der Waals surface area (Å²) in [6.45, 7) is 9.24. The molecule has 2 aromatic heterocycles. The number of carbonyl (C=O) groups excluding carboxylic acids is 1. The number of thiazole rings is 1. The van der Waals surface area contributed by atoms with Crippen LogP contribution in [-0.4, -0.2) is 45.0 Å². The van der Waals surface area contributed by atoms with Crippen LogP contribution >= 0.6 is 11.3 Å². The van der Waals surface area contributed by atoms with E-state index in [2.05, 4.69) is 27.3 Å². The van der Waals surface area contributed by atoms with E-state index in [0.717, 1.165) is 61.6 Å². The summed E-state index contributed by atoms with van der Waals surface area (Å²) in [6, 6.07) is 0.263. The lowest BCUT2D eigenvalue weighted by Gasteiger charge is -2.36. The fraction of sp³-hybridized carbons (Fsp3) is 0.632. The molecule has 0 aromatic carbocycles. The minimum atomic E-state index is 0.0958. The standard InChI is InChI=1S/C19H26N4O2S/c1-4-18-20-15(11-26-18)8-22-7-14-5-6-16(9-22)23(19(14)24)10-17-12(2)21-25-13(17)3/h11,14,16H,4-10H2,1-3H3/t14-,16+/m0/s1. The highest BCUT2D eigenvalue weighted by Gasteiger charge is 2.41. The molecule has 2 bridgehead atoms. The van der Waals surface area contributed by atoms with Crippen molar-refractivity contribution in [3.63, 3.8) is 0 Å². The van der Waals surface area contributed by atoms with Crippen LogP contribution in [0.25, 0.3) is 0 Å². The number of carbonyl (C=O) groups is 1. The Kier molecular flexibility index (Phi) is 4.84. The Morgan fingerprint density at radius 1 is 1.27 bits per heavy atom. The van der Waals surface area contributed by atoms with Crippen LogP contribution in [0.5, 0.6) is 0 Å². The Hall–Kier alpha value is -1.73. The first-order valence-electron chi connectivity index (χ1n) is 9.43. The van der Waals surface area contributed by atoms with Crippen molar-refractivity contribution in [1.82, 2.24) is 19.9 Å². The summed E-state index contributed by atoms with van der Waals surface area (Å²) < 4.78 is 5.29. The van der Waals surface area contributed by atoms with Gasteiger partial charge in [-0.05, 0) is 33.1 Å². The molecule has 7 heteroatoms. The lowest BCUT2D eigenvalue weighted by atomic mass is 9.93. The Morgan fingerprint density at radius 2 is 2.12 bits per heavy atom. The molecule has 3 aliphatic heterocycles. The smallest absolute Gasteiger partial charge is 0.227 e. The zero-order valence-corrected chi connectivity index (χ0v) is 16.5. The fourth-order valence-electron chi connectivity index (χ4n) is 4.18. The molecule has 3 fully saturated rings. The summed E-state index contributed by atoms with van der Waals surface area (Å²) >= 11 is 1.74. The summed E-state index contributed by atoms with van der Waals surface area (Å²) in [7, 11) is 0. The van der Waals surface area contributed by atoms with Crippen molar-refractivity contribution in [2.24, 2.45) is 5.92 Å². The van der Waals surface area contributed by atoms with Crippen LogP contribution < -0.4 is 0 Å². The van der Waals surface area contributed by atoms with Crippen LogP contribution in [-0.2, 0) is 24.3 Å². The topological polar surface area (TPSA) is 62.5 Å². The SMILES string of the molecule is CCc1nc(CN2C[C@@H]3CC[C@H](C2)N(Cc2c(C)noc2C)C3=O)cs1. The van der Waals surface area contributed by atoms with Crippen LogP contribution in [0.4, 0.5) is 0 Å².